The van der Waals surface area contributed by atoms with Gasteiger partial charge in [0.25, 0.3) is 5.91 Å². The number of amides is 1. The van der Waals surface area contributed by atoms with E-state index in [2.05, 4.69) is 9.62 Å². The Morgan fingerprint density at radius 1 is 1.06 bits per heavy atom. The van der Waals surface area contributed by atoms with Crippen LogP contribution in [0, 0.1) is 12.7 Å². The fourth-order valence-electron chi connectivity index (χ4n) is 4.82. The fourth-order valence-corrected chi connectivity index (χ4v) is 6.81. The van der Waals surface area contributed by atoms with Gasteiger partial charge in [-0.1, -0.05) is 23.2 Å². The second kappa shape index (κ2) is 8.97. The Morgan fingerprint density at radius 3 is 2.24 bits per heavy atom. The van der Waals surface area contributed by atoms with E-state index in [1.165, 1.54) is 18.2 Å². The summed E-state index contributed by atoms with van der Waals surface area (Å²) in [7, 11) is -3.77. The van der Waals surface area contributed by atoms with Crippen LogP contribution in [0.2, 0.25) is 10.0 Å². The molecule has 2 saturated heterocycles. The van der Waals surface area contributed by atoms with Gasteiger partial charge >= 0.3 is 0 Å². The number of anilines is 1. The third kappa shape index (κ3) is 4.91. The minimum Gasteiger partial charge on any atom is -0.362 e. The van der Waals surface area contributed by atoms with E-state index in [0.717, 1.165) is 30.2 Å². The molecule has 2 aromatic rings. The maximum Gasteiger partial charge on any atom is 0.255 e. The molecule has 34 heavy (non-hydrogen) atoms. The van der Waals surface area contributed by atoms with Gasteiger partial charge in [0.15, 0.2) is 0 Å². The molecule has 0 spiro atoms. The summed E-state index contributed by atoms with van der Waals surface area (Å²) in [5.41, 5.74) is 1.20. The second-order valence-corrected chi connectivity index (χ2v) is 12.5. The summed E-state index contributed by atoms with van der Waals surface area (Å²) in [6, 6.07) is 6.95. The summed E-state index contributed by atoms with van der Waals surface area (Å²) in [4.78, 5) is 17.2. The van der Waals surface area contributed by atoms with E-state index in [0.29, 0.717) is 18.1 Å². The minimum absolute atomic E-state index is 0.00483. The number of sulfonamides is 1. The number of benzene rings is 2. The van der Waals surface area contributed by atoms with Gasteiger partial charge in [-0.15, -0.1) is 0 Å². The van der Waals surface area contributed by atoms with E-state index < -0.39 is 21.4 Å². The zero-order chi connectivity index (χ0) is 25.0. The summed E-state index contributed by atoms with van der Waals surface area (Å²) in [6.45, 7) is 8.14. The van der Waals surface area contributed by atoms with Crippen LogP contribution in [0.1, 0.15) is 49.5 Å². The third-order valence-corrected chi connectivity index (χ3v) is 8.69. The lowest BCUT2D eigenvalue weighted by Gasteiger charge is -2.43. The molecule has 4 rings (SSSR count). The topological polar surface area (TPSA) is 69.7 Å². The van der Waals surface area contributed by atoms with Gasteiger partial charge in [0.05, 0.1) is 15.5 Å². The molecule has 0 saturated carbocycles. The first-order valence-electron chi connectivity index (χ1n) is 11.1. The second-order valence-electron chi connectivity index (χ2n) is 10.0. The van der Waals surface area contributed by atoms with Gasteiger partial charge in [0.2, 0.25) is 10.0 Å². The number of hydrogen-bond acceptors (Lipinski definition) is 4. The SMILES string of the molecule is Cc1c(Cl)cc(S(=O)(=O)NC(C)(C)C)cc1N1[C@@H]2CC[C@H]1CN(C(=O)c1ccc(F)cc1Cl)C2. The van der Waals surface area contributed by atoms with Gasteiger partial charge in [0, 0.05) is 41.4 Å². The van der Waals surface area contributed by atoms with Gasteiger partial charge in [-0.3, -0.25) is 4.79 Å². The number of carbonyl (C=O) groups excluding carboxylic acids is 1. The average Bonchev–Trinajstić information content (AvgIpc) is 2.96. The van der Waals surface area contributed by atoms with Gasteiger partial charge in [0.1, 0.15) is 5.82 Å². The Hall–Kier alpha value is -1.87. The van der Waals surface area contributed by atoms with Crippen molar-refractivity contribution in [1.29, 1.82) is 0 Å². The van der Waals surface area contributed by atoms with E-state index in [4.69, 9.17) is 23.2 Å². The van der Waals surface area contributed by atoms with E-state index >= 15 is 0 Å². The number of fused-ring (bicyclic) bond motifs is 2. The van der Waals surface area contributed by atoms with Gasteiger partial charge in [-0.2, -0.15) is 0 Å². The first-order valence-corrected chi connectivity index (χ1v) is 13.4. The highest BCUT2D eigenvalue weighted by Crippen LogP contribution is 2.40. The molecule has 10 heteroatoms. The first kappa shape index (κ1) is 25.2. The minimum atomic E-state index is -3.77. The summed E-state index contributed by atoms with van der Waals surface area (Å²) < 4.78 is 42.1. The van der Waals surface area contributed by atoms with Crippen molar-refractivity contribution in [1.82, 2.24) is 9.62 Å². The molecule has 0 aliphatic carbocycles. The van der Waals surface area contributed by atoms with E-state index in [9.17, 15) is 17.6 Å². The molecule has 2 bridgehead atoms. The molecular formula is C24H28Cl2FN3O3S. The van der Waals surface area contributed by atoms with Crippen molar-refractivity contribution in [3.63, 3.8) is 0 Å². The zero-order valence-corrected chi connectivity index (χ0v) is 21.9. The maximum atomic E-state index is 13.4. The quantitative estimate of drug-likeness (QED) is 0.606. The smallest absolute Gasteiger partial charge is 0.255 e. The standard InChI is InChI=1S/C24H28Cl2FN3O3S/c1-14-20(25)10-18(34(32,33)28-24(2,3)4)11-22(14)30-16-6-7-17(30)13-29(12-16)23(31)19-8-5-15(27)9-21(19)26/h5,8-11,16-17,28H,6-7,12-13H2,1-4H3/t16-,17+. The van der Waals surface area contributed by atoms with Crippen molar-refractivity contribution >= 4 is 44.8 Å². The summed E-state index contributed by atoms with van der Waals surface area (Å²) in [5.74, 6) is -0.725. The molecule has 1 N–H and O–H groups in total. The maximum absolute atomic E-state index is 13.4. The summed E-state index contributed by atoms with van der Waals surface area (Å²) in [6.07, 6.45) is 1.72. The van der Waals surface area contributed by atoms with Crippen LogP contribution in [0.15, 0.2) is 35.2 Å². The lowest BCUT2D eigenvalue weighted by atomic mass is 10.1. The normalized spacial score (nSPS) is 20.7. The Bertz CT molecular complexity index is 1230. The van der Waals surface area contributed by atoms with E-state index in [1.54, 1.807) is 31.7 Å². The molecule has 184 valence electrons. The van der Waals surface area contributed by atoms with Crippen molar-refractivity contribution < 1.29 is 17.6 Å². The lowest BCUT2D eigenvalue weighted by Crippen LogP contribution is -2.55. The van der Waals surface area contributed by atoms with E-state index in [1.807, 2.05) is 6.92 Å². The molecule has 6 nitrogen and oxygen atoms in total. The third-order valence-electron chi connectivity index (χ3n) is 6.25. The van der Waals surface area contributed by atoms with Crippen molar-refractivity contribution in [2.45, 2.75) is 63.1 Å². The Kier molecular flexibility index (Phi) is 6.66. The summed E-state index contributed by atoms with van der Waals surface area (Å²) in [5, 5.41) is 0.467. The molecule has 2 aliphatic heterocycles. The lowest BCUT2D eigenvalue weighted by molar-refractivity contribution is 0.0718. The van der Waals surface area contributed by atoms with Crippen LogP contribution < -0.4 is 9.62 Å². The number of rotatable bonds is 4. The molecule has 2 fully saturated rings. The highest BCUT2D eigenvalue weighted by atomic mass is 35.5. The van der Waals surface area contributed by atoms with Crippen LogP contribution in [-0.2, 0) is 10.0 Å². The van der Waals surface area contributed by atoms with Crippen LogP contribution in [0.5, 0.6) is 0 Å². The van der Waals surface area contributed by atoms with Crippen LogP contribution >= 0.6 is 23.2 Å². The van der Waals surface area contributed by atoms with Crippen LogP contribution in [0.3, 0.4) is 0 Å². The largest absolute Gasteiger partial charge is 0.362 e. The molecular weight excluding hydrogens is 500 g/mol. The number of likely N-dealkylation sites (tertiary alicyclic amines) is 1. The molecule has 2 heterocycles. The summed E-state index contributed by atoms with van der Waals surface area (Å²) >= 11 is 12.6. The predicted molar refractivity (Wildman–Crippen MR) is 133 cm³/mol. The van der Waals surface area contributed by atoms with Crippen LogP contribution in [0.25, 0.3) is 0 Å². The van der Waals surface area contributed by atoms with E-state index in [-0.39, 0.29) is 33.5 Å². The van der Waals surface area contributed by atoms with Gasteiger partial charge in [-0.05, 0) is 76.4 Å². The number of piperazine rings is 1. The van der Waals surface area contributed by atoms with Crippen molar-refractivity contribution in [3.8, 4) is 0 Å². The van der Waals surface area contributed by atoms with Crippen molar-refractivity contribution in [2.75, 3.05) is 18.0 Å². The number of nitrogens with zero attached hydrogens (tertiary/aromatic N) is 2. The molecule has 1 amide bonds. The molecule has 0 radical (unpaired) electrons. The number of halogens is 3. The Balaban J connectivity index is 1.64. The van der Waals surface area contributed by atoms with Crippen LogP contribution in [0.4, 0.5) is 10.1 Å². The Labute approximate surface area is 210 Å². The highest BCUT2D eigenvalue weighted by Gasteiger charge is 2.43. The zero-order valence-electron chi connectivity index (χ0n) is 19.5. The van der Waals surface area contributed by atoms with Crippen molar-refractivity contribution in [3.05, 3.63) is 57.3 Å². The first-order chi connectivity index (χ1) is 15.8. The fraction of sp³-hybridized carbons (Fsp3) is 0.458. The molecule has 2 aliphatic rings. The van der Waals surface area contributed by atoms with Crippen LogP contribution in [-0.4, -0.2) is 49.9 Å². The average molecular weight is 528 g/mol. The molecule has 0 unspecified atom stereocenters. The highest BCUT2D eigenvalue weighted by molar-refractivity contribution is 7.89. The van der Waals surface area contributed by atoms with Gasteiger partial charge in [-0.25, -0.2) is 17.5 Å². The number of hydrogen-bond donors (Lipinski definition) is 1. The number of nitrogens with one attached hydrogen (secondary N) is 1. The predicted octanol–water partition coefficient (Wildman–Crippen LogP) is 5.01. The molecule has 0 aromatic heterocycles. The number of carbonyl (C=O) groups is 1. The Morgan fingerprint density at radius 2 is 1.68 bits per heavy atom. The molecule has 2 atom stereocenters. The molecule has 2 aromatic carbocycles. The monoisotopic (exact) mass is 527 g/mol. The van der Waals surface area contributed by atoms with Gasteiger partial charge < -0.3 is 9.80 Å². The van der Waals surface area contributed by atoms with Crippen molar-refractivity contribution in [2.24, 2.45) is 0 Å².